The fraction of sp³-hybridized carbons (Fsp3) is 0.636. The maximum absolute atomic E-state index is 14.3. The van der Waals surface area contributed by atoms with Crippen LogP contribution in [0.2, 0.25) is 0 Å². The van der Waals surface area contributed by atoms with Gasteiger partial charge in [0.15, 0.2) is 0 Å². The number of ether oxygens (including phenoxy) is 1. The molecule has 0 saturated carbocycles. The summed E-state index contributed by atoms with van der Waals surface area (Å²) < 4.78 is 19.8. The first-order chi connectivity index (χ1) is 20.7. The highest BCUT2D eigenvalue weighted by Gasteiger charge is 2.45. The van der Waals surface area contributed by atoms with Gasteiger partial charge in [-0.2, -0.15) is 0 Å². The van der Waals surface area contributed by atoms with Gasteiger partial charge in [-0.05, 0) is 82.9 Å². The molecule has 4 aliphatic rings. The number of carbonyl (C=O) groups is 2. The van der Waals surface area contributed by atoms with Crippen molar-refractivity contribution in [1.29, 1.82) is 0 Å². The monoisotopic (exact) mass is 592 g/mol. The van der Waals surface area contributed by atoms with Crippen LogP contribution in [0, 0.1) is 25.6 Å². The molecule has 1 aromatic carbocycles. The second-order valence-corrected chi connectivity index (χ2v) is 13.1. The molecule has 232 valence electrons. The molecule has 0 spiro atoms. The summed E-state index contributed by atoms with van der Waals surface area (Å²) in [6, 6.07) is 6.85. The van der Waals surface area contributed by atoms with Crippen molar-refractivity contribution in [2.24, 2.45) is 5.92 Å². The molecule has 0 bridgehead atoms. The second kappa shape index (κ2) is 12.5. The van der Waals surface area contributed by atoms with Crippen molar-refractivity contribution in [3.8, 4) is 0 Å². The quantitative estimate of drug-likeness (QED) is 0.488. The molecule has 6 rings (SSSR count). The Bertz CT molecular complexity index is 1300. The molecule has 0 aliphatic carbocycles. The first-order valence-corrected chi connectivity index (χ1v) is 16.0. The summed E-state index contributed by atoms with van der Waals surface area (Å²) in [5, 5.41) is 0. The molecule has 4 aliphatic heterocycles. The van der Waals surface area contributed by atoms with Crippen LogP contribution >= 0.6 is 0 Å². The number of amides is 3. The van der Waals surface area contributed by atoms with Gasteiger partial charge in [0.25, 0.3) is 5.91 Å². The third-order valence-electron chi connectivity index (χ3n) is 10.5. The zero-order valence-electron chi connectivity index (χ0n) is 25.8. The van der Waals surface area contributed by atoms with Crippen LogP contribution in [0.15, 0.2) is 30.6 Å². The first kappa shape index (κ1) is 29.9. The summed E-state index contributed by atoms with van der Waals surface area (Å²) in [7, 11) is 0. The summed E-state index contributed by atoms with van der Waals surface area (Å²) in [5.74, 6) is 0.218. The number of halogens is 1. The molecule has 2 aromatic rings. The van der Waals surface area contributed by atoms with Crippen molar-refractivity contribution in [3.05, 3.63) is 58.9 Å². The number of piperidine rings is 2. The van der Waals surface area contributed by atoms with E-state index in [1.165, 1.54) is 12.4 Å². The molecule has 43 heavy (non-hydrogen) atoms. The molecule has 1 aromatic heterocycles. The van der Waals surface area contributed by atoms with E-state index in [2.05, 4.69) is 26.7 Å². The Hall–Kier alpha value is -3.11. The largest absolute Gasteiger partial charge is 0.381 e. The molecule has 4 saturated heterocycles. The zero-order chi connectivity index (χ0) is 30.1. The fourth-order valence-electron chi connectivity index (χ4n) is 7.71. The van der Waals surface area contributed by atoms with Gasteiger partial charge in [0.2, 0.25) is 0 Å². The Balaban J connectivity index is 1.10. The van der Waals surface area contributed by atoms with Crippen molar-refractivity contribution < 1.29 is 18.7 Å². The van der Waals surface area contributed by atoms with Crippen LogP contribution in [0.4, 0.5) is 9.18 Å². The van der Waals surface area contributed by atoms with Gasteiger partial charge in [0, 0.05) is 64.1 Å². The van der Waals surface area contributed by atoms with Crippen LogP contribution in [0.5, 0.6) is 0 Å². The summed E-state index contributed by atoms with van der Waals surface area (Å²) in [5.41, 5.74) is 2.97. The number of hydrogen-bond donors (Lipinski definition) is 0. The van der Waals surface area contributed by atoms with Crippen LogP contribution < -0.4 is 0 Å². The normalized spacial score (nSPS) is 24.1. The van der Waals surface area contributed by atoms with Gasteiger partial charge in [0.1, 0.15) is 12.1 Å². The molecule has 0 radical (unpaired) electrons. The van der Waals surface area contributed by atoms with Crippen LogP contribution in [0.3, 0.4) is 0 Å². The maximum Gasteiger partial charge on any atom is 0.320 e. The molecule has 4 fully saturated rings. The van der Waals surface area contributed by atoms with E-state index in [4.69, 9.17) is 4.74 Å². The SMILES string of the molecule is Cc1ncnc(C)c1C(=O)N1CCC(C)(N2CCC(N3C(=O)N(CC4CCOCC4)CC3c3cccc(F)c3)CC2)CC1. The van der Waals surface area contributed by atoms with E-state index >= 15 is 0 Å². The van der Waals surface area contributed by atoms with E-state index in [-0.39, 0.29) is 35.4 Å². The maximum atomic E-state index is 14.3. The average Bonchev–Trinajstić information content (AvgIpc) is 3.33. The number of urea groups is 1. The summed E-state index contributed by atoms with van der Waals surface area (Å²) in [6.07, 6.45) is 7.06. The molecule has 5 heterocycles. The Labute approximate surface area is 254 Å². The highest BCUT2D eigenvalue weighted by molar-refractivity contribution is 5.96. The summed E-state index contributed by atoms with van der Waals surface area (Å²) in [4.78, 5) is 44.3. The molecule has 10 heteroatoms. The lowest BCUT2D eigenvalue weighted by atomic mass is 9.85. The van der Waals surface area contributed by atoms with Crippen molar-refractivity contribution in [2.45, 2.75) is 76.9 Å². The third-order valence-corrected chi connectivity index (χ3v) is 10.5. The summed E-state index contributed by atoms with van der Waals surface area (Å²) >= 11 is 0. The van der Waals surface area contributed by atoms with E-state index in [1.807, 2.05) is 29.7 Å². The van der Waals surface area contributed by atoms with Gasteiger partial charge in [0.05, 0.1) is 23.0 Å². The zero-order valence-corrected chi connectivity index (χ0v) is 25.8. The van der Waals surface area contributed by atoms with Crippen LogP contribution in [-0.4, -0.2) is 106 Å². The predicted molar refractivity (Wildman–Crippen MR) is 161 cm³/mol. The van der Waals surface area contributed by atoms with Crippen molar-refractivity contribution in [2.75, 3.05) is 52.5 Å². The van der Waals surface area contributed by atoms with Gasteiger partial charge in [-0.15, -0.1) is 0 Å². The molecular formula is C33H45FN6O3. The molecule has 1 unspecified atom stereocenters. The Kier molecular flexibility index (Phi) is 8.69. The number of nitrogens with zero attached hydrogens (tertiary/aromatic N) is 6. The van der Waals surface area contributed by atoms with Crippen molar-refractivity contribution in [3.63, 3.8) is 0 Å². The van der Waals surface area contributed by atoms with Gasteiger partial charge >= 0.3 is 6.03 Å². The number of carbonyl (C=O) groups excluding carboxylic acids is 2. The molecule has 3 amide bonds. The van der Waals surface area contributed by atoms with Crippen LogP contribution in [0.1, 0.15) is 78.8 Å². The highest BCUT2D eigenvalue weighted by atomic mass is 19.1. The van der Waals surface area contributed by atoms with Crippen LogP contribution in [0.25, 0.3) is 0 Å². The molecule has 9 nitrogen and oxygen atoms in total. The lowest BCUT2D eigenvalue weighted by molar-refractivity contribution is 0.00482. The first-order valence-electron chi connectivity index (χ1n) is 16.0. The minimum Gasteiger partial charge on any atom is -0.381 e. The lowest BCUT2D eigenvalue weighted by Gasteiger charge is -2.50. The smallest absolute Gasteiger partial charge is 0.320 e. The topological polar surface area (TPSA) is 82.1 Å². The van der Waals surface area contributed by atoms with E-state index in [9.17, 15) is 14.0 Å². The van der Waals surface area contributed by atoms with E-state index in [0.717, 1.165) is 88.3 Å². The highest BCUT2D eigenvalue weighted by Crippen LogP contribution is 2.38. The number of hydrogen-bond acceptors (Lipinski definition) is 6. The van der Waals surface area contributed by atoms with Crippen molar-refractivity contribution >= 4 is 11.9 Å². The molecule has 1 atom stereocenters. The molecule has 0 N–H and O–H groups in total. The van der Waals surface area contributed by atoms with Gasteiger partial charge < -0.3 is 19.4 Å². The number of aryl methyl sites for hydroxylation is 2. The lowest BCUT2D eigenvalue weighted by Crippen LogP contribution is -2.58. The van der Waals surface area contributed by atoms with Gasteiger partial charge in [-0.1, -0.05) is 12.1 Å². The standard InChI is InChI=1S/C33H45FN6O3/c1-23-30(24(2)36-22-35-23)31(41)37-15-11-33(3,12-16-37)39-13-7-28(8-14-39)40-29(26-5-4-6-27(34)19-26)21-38(32(40)42)20-25-9-17-43-18-10-25/h4-6,19,22,25,28-29H,7-18,20-21H2,1-3H3. The number of benzene rings is 1. The Morgan fingerprint density at radius 2 is 1.70 bits per heavy atom. The van der Waals surface area contributed by atoms with E-state index in [0.29, 0.717) is 31.1 Å². The number of likely N-dealkylation sites (tertiary alicyclic amines) is 2. The minimum atomic E-state index is -0.259. The summed E-state index contributed by atoms with van der Waals surface area (Å²) in [6.45, 7) is 12.1. The average molecular weight is 593 g/mol. The van der Waals surface area contributed by atoms with E-state index < -0.39 is 0 Å². The Morgan fingerprint density at radius 1 is 1.02 bits per heavy atom. The Morgan fingerprint density at radius 3 is 2.35 bits per heavy atom. The van der Waals surface area contributed by atoms with Gasteiger partial charge in [-0.3, -0.25) is 9.69 Å². The minimum absolute atomic E-state index is 0.00505. The second-order valence-electron chi connectivity index (χ2n) is 13.1. The van der Waals surface area contributed by atoms with Crippen molar-refractivity contribution in [1.82, 2.24) is 29.6 Å². The van der Waals surface area contributed by atoms with E-state index in [1.54, 1.807) is 12.1 Å². The van der Waals surface area contributed by atoms with Crippen LogP contribution in [-0.2, 0) is 4.74 Å². The number of aromatic nitrogens is 2. The predicted octanol–water partition coefficient (Wildman–Crippen LogP) is 4.60. The number of rotatable bonds is 6. The fourth-order valence-corrected chi connectivity index (χ4v) is 7.71. The molecular weight excluding hydrogens is 547 g/mol. The van der Waals surface area contributed by atoms with Gasteiger partial charge in [-0.25, -0.2) is 19.2 Å². The third kappa shape index (κ3) is 6.13.